The lowest BCUT2D eigenvalue weighted by Gasteiger charge is -2.19. The quantitative estimate of drug-likeness (QED) is 0.657. The maximum absolute atomic E-state index is 5.44. The molecule has 2 heterocycles. The van der Waals surface area contributed by atoms with E-state index in [9.17, 15) is 0 Å². The molecule has 0 atom stereocenters. The normalized spacial score (nSPS) is 12.2. The summed E-state index contributed by atoms with van der Waals surface area (Å²) in [5, 5.41) is 9.92. The molecule has 3 aromatic rings. The molecule has 0 unspecified atom stereocenters. The van der Waals surface area contributed by atoms with Crippen LogP contribution in [0.25, 0.3) is 10.2 Å². The Morgan fingerprint density at radius 3 is 2.71 bits per heavy atom. The predicted molar refractivity (Wildman–Crippen MR) is 105 cm³/mol. The van der Waals surface area contributed by atoms with Crippen LogP contribution in [0.2, 0.25) is 0 Å². The van der Waals surface area contributed by atoms with Crippen molar-refractivity contribution in [2.24, 2.45) is 0 Å². The van der Waals surface area contributed by atoms with E-state index in [1.54, 1.807) is 11.3 Å². The molecule has 0 aliphatic carbocycles. The van der Waals surface area contributed by atoms with Gasteiger partial charge in [0, 0.05) is 5.54 Å². The molecule has 0 fully saturated rings. The number of nitrogens with zero attached hydrogens (tertiary/aromatic N) is 4. The fourth-order valence-corrected chi connectivity index (χ4v) is 4.51. The second-order valence-electron chi connectivity index (χ2n) is 6.78. The van der Waals surface area contributed by atoms with Crippen LogP contribution in [-0.4, -0.2) is 32.3 Å². The van der Waals surface area contributed by atoms with E-state index in [0.717, 1.165) is 26.2 Å². The second-order valence-corrected chi connectivity index (χ2v) is 9.52. The summed E-state index contributed by atoms with van der Waals surface area (Å²) >= 11 is 8.68. The first kappa shape index (κ1) is 17.5. The molecule has 24 heavy (non-hydrogen) atoms. The molecule has 8 heteroatoms. The molecule has 5 nitrogen and oxygen atoms in total. The number of para-hydroxylation sites is 1. The van der Waals surface area contributed by atoms with E-state index in [0.29, 0.717) is 6.67 Å². The van der Waals surface area contributed by atoms with Crippen LogP contribution in [-0.2, 0) is 13.2 Å². The molecule has 128 valence electrons. The minimum atomic E-state index is -0.0235. The molecule has 0 saturated heterocycles. The van der Waals surface area contributed by atoms with Gasteiger partial charge in [0.15, 0.2) is 3.95 Å². The second kappa shape index (κ2) is 6.87. The van der Waals surface area contributed by atoms with Gasteiger partial charge >= 0.3 is 0 Å². The van der Waals surface area contributed by atoms with Crippen LogP contribution in [0, 0.1) is 3.95 Å². The lowest BCUT2D eigenvalue weighted by atomic mass is 10.1. The first-order chi connectivity index (χ1) is 11.3. The molecule has 1 N–H and O–H groups in total. The fraction of sp³-hybridized carbons (Fsp3) is 0.438. The van der Waals surface area contributed by atoms with Crippen molar-refractivity contribution >= 4 is 50.2 Å². The van der Waals surface area contributed by atoms with Crippen LogP contribution in [0.3, 0.4) is 0 Å². The van der Waals surface area contributed by atoms with E-state index in [4.69, 9.17) is 12.2 Å². The van der Waals surface area contributed by atoms with Crippen molar-refractivity contribution < 1.29 is 0 Å². The van der Waals surface area contributed by atoms with Crippen LogP contribution in [0.15, 0.2) is 24.3 Å². The summed E-state index contributed by atoms with van der Waals surface area (Å²) in [5.74, 6) is 0. The summed E-state index contributed by atoms with van der Waals surface area (Å²) in [6.07, 6.45) is 0. The Labute approximate surface area is 155 Å². The molecule has 0 saturated carbocycles. The van der Waals surface area contributed by atoms with Crippen molar-refractivity contribution in [3.63, 3.8) is 0 Å². The van der Waals surface area contributed by atoms with Gasteiger partial charge in [-0.15, -0.1) is 16.4 Å². The Kier molecular flexibility index (Phi) is 5.00. The number of nitrogens with one attached hydrogen (secondary N) is 1. The fourth-order valence-electron chi connectivity index (χ4n) is 2.26. The summed E-state index contributed by atoms with van der Waals surface area (Å²) in [6, 6.07) is 8.23. The van der Waals surface area contributed by atoms with Gasteiger partial charge < -0.3 is 5.32 Å². The van der Waals surface area contributed by atoms with Crippen LogP contribution in [0.1, 0.15) is 25.8 Å². The number of hydrogen-bond acceptors (Lipinski definition) is 7. The number of rotatable bonds is 5. The number of benzene rings is 1. The lowest BCUT2D eigenvalue weighted by molar-refractivity contribution is 0.245. The van der Waals surface area contributed by atoms with Gasteiger partial charge in [0.05, 0.1) is 23.4 Å². The van der Waals surface area contributed by atoms with Crippen molar-refractivity contribution in [2.45, 2.75) is 39.5 Å². The van der Waals surface area contributed by atoms with Gasteiger partial charge in [-0.1, -0.05) is 23.5 Å². The number of aromatic nitrogens is 3. The molecule has 0 aliphatic rings. The Bertz CT molecular complexity index is 854. The molecule has 0 radical (unpaired) electrons. The van der Waals surface area contributed by atoms with Crippen LogP contribution < -0.4 is 5.32 Å². The highest BCUT2D eigenvalue weighted by atomic mass is 32.1. The van der Waals surface area contributed by atoms with E-state index < -0.39 is 0 Å². The Morgan fingerprint density at radius 2 is 2.00 bits per heavy atom. The van der Waals surface area contributed by atoms with E-state index >= 15 is 0 Å². The van der Waals surface area contributed by atoms with Crippen LogP contribution >= 0.6 is 34.9 Å². The average Bonchev–Trinajstić information content (AvgIpc) is 3.00. The topological polar surface area (TPSA) is 46.0 Å². The number of fused-ring (bicyclic) bond motifs is 1. The van der Waals surface area contributed by atoms with Crippen LogP contribution in [0.5, 0.6) is 0 Å². The van der Waals surface area contributed by atoms with E-state index in [-0.39, 0.29) is 5.54 Å². The van der Waals surface area contributed by atoms with Gasteiger partial charge in [-0.3, -0.25) is 4.90 Å². The third-order valence-corrected chi connectivity index (χ3v) is 5.45. The van der Waals surface area contributed by atoms with Crippen molar-refractivity contribution in [2.75, 3.05) is 12.4 Å². The largest absolute Gasteiger partial charge is 0.356 e. The number of anilines is 1. The van der Waals surface area contributed by atoms with Gasteiger partial charge in [0.1, 0.15) is 5.01 Å². The highest BCUT2D eigenvalue weighted by Crippen LogP contribution is 2.23. The molecule has 0 aliphatic heterocycles. The Balaban J connectivity index is 1.68. The van der Waals surface area contributed by atoms with E-state index in [1.165, 1.54) is 16.0 Å². The zero-order chi connectivity index (χ0) is 17.3. The van der Waals surface area contributed by atoms with Crippen molar-refractivity contribution in [3.8, 4) is 0 Å². The molecular formula is C16H21N5S3. The summed E-state index contributed by atoms with van der Waals surface area (Å²) in [5.41, 5.74) is 1.04. The van der Waals surface area contributed by atoms with E-state index in [2.05, 4.69) is 60.3 Å². The van der Waals surface area contributed by atoms with Crippen molar-refractivity contribution in [1.29, 1.82) is 0 Å². The minimum absolute atomic E-state index is 0.0235. The zero-order valence-electron chi connectivity index (χ0n) is 14.2. The molecular weight excluding hydrogens is 358 g/mol. The third-order valence-electron chi connectivity index (χ3n) is 3.21. The van der Waals surface area contributed by atoms with Crippen molar-refractivity contribution in [3.05, 3.63) is 33.2 Å². The number of thiazole rings is 1. The van der Waals surface area contributed by atoms with Gasteiger partial charge in [-0.05, 0) is 52.2 Å². The monoisotopic (exact) mass is 379 g/mol. The predicted octanol–water partition coefficient (Wildman–Crippen LogP) is 4.58. The van der Waals surface area contributed by atoms with E-state index in [1.807, 2.05) is 16.8 Å². The maximum Gasteiger partial charge on any atom is 0.205 e. The Morgan fingerprint density at radius 1 is 1.25 bits per heavy atom. The van der Waals surface area contributed by atoms with Gasteiger partial charge in [0.25, 0.3) is 0 Å². The molecule has 0 amide bonds. The highest BCUT2D eigenvalue weighted by molar-refractivity contribution is 7.73. The SMILES string of the molecule is CN(Cc1nc2ccccc2s1)Cn1nc(NC(C)(C)C)sc1=S. The minimum Gasteiger partial charge on any atom is -0.356 e. The highest BCUT2D eigenvalue weighted by Gasteiger charge is 2.14. The molecule has 1 aromatic carbocycles. The van der Waals surface area contributed by atoms with Crippen LogP contribution in [0.4, 0.5) is 5.13 Å². The summed E-state index contributed by atoms with van der Waals surface area (Å²) in [4.78, 5) is 6.86. The smallest absolute Gasteiger partial charge is 0.205 e. The summed E-state index contributed by atoms with van der Waals surface area (Å²) in [6.45, 7) is 7.76. The first-order valence-electron chi connectivity index (χ1n) is 7.69. The standard InChI is InChI=1S/C16H21N5S3/c1-16(2,3)18-14-19-21(15(22)24-14)10-20(4)9-13-17-11-7-5-6-8-12(11)23-13/h5-8H,9-10H2,1-4H3,(H,18,19). The maximum atomic E-state index is 5.44. The third kappa shape index (κ3) is 4.38. The van der Waals surface area contributed by atoms with Crippen molar-refractivity contribution in [1.82, 2.24) is 19.7 Å². The Hall–Kier alpha value is -1.35. The molecule has 2 aromatic heterocycles. The summed E-state index contributed by atoms with van der Waals surface area (Å²) in [7, 11) is 2.06. The van der Waals surface area contributed by atoms with Gasteiger partial charge in [-0.25, -0.2) is 9.67 Å². The summed E-state index contributed by atoms with van der Waals surface area (Å²) < 4.78 is 3.86. The average molecular weight is 380 g/mol. The molecule has 0 bridgehead atoms. The first-order valence-corrected chi connectivity index (χ1v) is 9.73. The van der Waals surface area contributed by atoms with Gasteiger partial charge in [-0.2, -0.15) is 0 Å². The zero-order valence-corrected chi connectivity index (χ0v) is 16.7. The lowest BCUT2D eigenvalue weighted by Crippen LogP contribution is -2.26. The molecule has 0 spiro atoms. The van der Waals surface area contributed by atoms with Gasteiger partial charge in [0.2, 0.25) is 5.13 Å². The number of hydrogen-bond donors (Lipinski definition) is 1. The molecule has 3 rings (SSSR count).